The Morgan fingerprint density at radius 2 is 1.57 bits per heavy atom. The van der Waals surface area contributed by atoms with E-state index >= 15 is 0 Å². The fraction of sp³-hybridized carbons (Fsp3) is 0.143. The minimum absolute atomic E-state index is 0.0393. The van der Waals surface area contributed by atoms with Gasteiger partial charge in [0.05, 0.1) is 22.0 Å². The van der Waals surface area contributed by atoms with Gasteiger partial charge in [0.2, 0.25) is 0 Å². The molecule has 0 aliphatic rings. The van der Waals surface area contributed by atoms with E-state index in [4.69, 9.17) is 21.1 Å². The Morgan fingerprint density at radius 1 is 1.00 bits per heavy atom. The van der Waals surface area contributed by atoms with Crippen molar-refractivity contribution in [3.05, 3.63) is 67.2 Å². The number of nitro benzene ring substituents is 2. The third kappa shape index (κ3) is 3.86. The van der Waals surface area contributed by atoms with Gasteiger partial charge in [0.15, 0.2) is 0 Å². The van der Waals surface area contributed by atoms with Gasteiger partial charge in [0, 0.05) is 29.8 Å². The van der Waals surface area contributed by atoms with Crippen molar-refractivity contribution in [1.82, 2.24) is 0 Å². The lowest BCUT2D eigenvalue weighted by Crippen LogP contribution is -2.01. The topological polar surface area (TPSA) is 105 Å². The number of rotatable bonds is 6. The van der Waals surface area contributed by atoms with Gasteiger partial charge in [-0.3, -0.25) is 20.2 Å². The average molecular weight is 339 g/mol. The van der Waals surface area contributed by atoms with Gasteiger partial charge in [0.25, 0.3) is 11.4 Å². The molecule has 0 aliphatic heterocycles. The third-order valence-electron chi connectivity index (χ3n) is 2.98. The van der Waals surface area contributed by atoms with Gasteiger partial charge in [0.1, 0.15) is 18.1 Å². The van der Waals surface area contributed by atoms with Gasteiger partial charge in [-0.2, -0.15) is 0 Å². The summed E-state index contributed by atoms with van der Waals surface area (Å²) in [6.07, 6.45) is 0. The molecule has 0 atom stereocenters. The normalized spacial score (nSPS) is 10.2. The van der Waals surface area contributed by atoms with Crippen molar-refractivity contribution >= 4 is 23.0 Å². The molecule has 0 saturated heterocycles. The minimum Gasteiger partial charge on any atom is -0.496 e. The molecule has 0 radical (unpaired) electrons. The number of halogens is 1. The van der Waals surface area contributed by atoms with Crippen LogP contribution in [0.5, 0.6) is 11.5 Å². The lowest BCUT2D eigenvalue weighted by molar-refractivity contribution is -0.385. The molecule has 2 aromatic carbocycles. The maximum atomic E-state index is 10.8. The first-order valence-electron chi connectivity index (χ1n) is 6.30. The monoisotopic (exact) mass is 338 g/mol. The Hall–Kier alpha value is -2.87. The summed E-state index contributed by atoms with van der Waals surface area (Å²) in [5.74, 6) is 0.652. The van der Waals surface area contributed by atoms with Crippen LogP contribution >= 0.6 is 11.6 Å². The molecule has 0 unspecified atom stereocenters. The summed E-state index contributed by atoms with van der Waals surface area (Å²) < 4.78 is 10.6. The summed E-state index contributed by atoms with van der Waals surface area (Å²) in [4.78, 5) is 20.4. The second kappa shape index (κ2) is 6.93. The summed E-state index contributed by atoms with van der Waals surface area (Å²) in [7, 11) is 1.43. The van der Waals surface area contributed by atoms with Crippen LogP contribution in [0.1, 0.15) is 5.56 Å². The number of nitro groups is 2. The molecule has 0 fully saturated rings. The van der Waals surface area contributed by atoms with E-state index in [1.807, 2.05) is 0 Å². The highest BCUT2D eigenvalue weighted by molar-refractivity contribution is 6.32. The number of hydrogen-bond donors (Lipinski definition) is 0. The number of benzene rings is 2. The van der Waals surface area contributed by atoms with Crippen LogP contribution in [0, 0.1) is 20.2 Å². The maximum absolute atomic E-state index is 10.8. The predicted octanol–water partition coefficient (Wildman–Crippen LogP) is 3.74. The summed E-state index contributed by atoms with van der Waals surface area (Å²) in [5.41, 5.74) is 0.200. The molecule has 23 heavy (non-hydrogen) atoms. The van der Waals surface area contributed by atoms with Gasteiger partial charge < -0.3 is 9.47 Å². The zero-order valence-electron chi connectivity index (χ0n) is 11.9. The van der Waals surface area contributed by atoms with Crippen LogP contribution in [0.2, 0.25) is 5.02 Å². The van der Waals surface area contributed by atoms with E-state index in [1.165, 1.54) is 43.5 Å². The largest absolute Gasteiger partial charge is 0.496 e. The van der Waals surface area contributed by atoms with Crippen molar-refractivity contribution in [2.24, 2.45) is 0 Å². The Kier molecular flexibility index (Phi) is 4.97. The molecule has 0 N–H and O–H groups in total. The van der Waals surface area contributed by atoms with Gasteiger partial charge in [-0.25, -0.2) is 0 Å². The number of ether oxygens (including phenoxy) is 2. The van der Waals surface area contributed by atoms with Gasteiger partial charge in [-0.15, -0.1) is 0 Å². The quantitative estimate of drug-likeness (QED) is 0.586. The summed E-state index contributed by atoms with van der Waals surface area (Å²) >= 11 is 5.93. The Labute approximate surface area is 135 Å². The molecule has 8 nitrogen and oxygen atoms in total. The molecule has 0 bridgehead atoms. The zero-order valence-corrected chi connectivity index (χ0v) is 12.6. The van der Waals surface area contributed by atoms with Gasteiger partial charge >= 0.3 is 0 Å². The molecular weight excluding hydrogens is 328 g/mol. The molecule has 0 amide bonds. The van der Waals surface area contributed by atoms with Crippen molar-refractivity contribution in [3.8, 4) is 11.5 Å². The van der Waals surface area contributed by atoms with E-state index in [2.05, 4.69) is 0 Å². The van der Waals surface area contributed by atoms with Gasteiger partial charge in [-0.05, 0) is 12.1 Å². The van der Waals surface area contributed by atoms with E-state index < -0.39 is 9.85 Å². The third-order valence-corrected chi connectivity index (χ3v) is 3.28. The first-order chi connectivity index (χ1) is 10.9. The van der Waals surface area contributed by atoms with E-state index in [1.54, 1.807) is 0 Å². The van der Waals surface area contributed by atoms with E-state index in [0.29, 0.717) is 11.3 Å². The van der Waals surface area contributed by atoms with E-state index in [0.717, 1.165) is 0 Å². The number of non-ortho nitro benzene ring substituents is 2. The molecule has 2 aromatic rings. The van der Waals surface area contributed by atoms with Crippen molar-refractivity contribution in [1.29, 1.82) is 0 Å². The van der Waals surface area contributed by atoms with E-state index in [-0.39, 0.29) is 28.8 Å². The SMILES string of the molecule is COc1ccc([N+](=O)[O-])cc1COc1ccc([N+](=O)[O-])cc1Cl. The van der Waals surface area contributed by atoms with Crippen LogP contribution < -0.4 is 9.47 Å². The van der Waals surface area contributed by atoms with Crippen LogP contribution in [-0.2, 0) is 6.61 Å². The van der Waals surface area contributed by atoms with Crippen LogP contribution in [0.25, 0.3) is 0 Å². The number of nitrogens with zero attached hydrogens (tertiary/aromatic N) is 2. The Morgan fingerprint density at radius 3 is 2.09 bits per heavy atom. The summed E-state index contributed by atoms with van der Waals surface area (Å²) in [6, 6.07) is 7.91. The van der Waals surface area contributed by atoms with Crippen LogP contribution in [0.15, 0.2) is 36.4 Å². The molecule has 120 valence electrons. The minimum atomic E-state index is -0.570. The molecule has 0 saturated carbocycles. The fourth-order valence-electron chi connectivity index (χ4n) is 1.87. The lowest BCUT2D eigenvalue weighted by Gasteiger charge is -2.11. The fourth-order valence-corrected chi connectivity index (χ4v) is 2.10. The molecule has 0 aromatic heterocycles. The number of hydrogen-bond acceptors (Lipinski definition) is 6. The first kappa shape index (κ1) is 16.5. The zero-order chi connectivity index (χ0) is 17.0. The Bertz CT molecular complexity index is 765. The second-order valence-electron chi connectivity index (χ2n) is 4.41. The molecule has 0 spiro atoms. The van der Waals surface area contributed by atoms with Crippen molar-refractivity contribution in [2.45, 2.75) is 6.61 Å². The predicted molar refractivity (Wildman–Crippen MR) is 82.1 cm³/mol. The highest BCUT2D eigenvalue weighted by Crippen LogP contribution is 2.31. The van der Waals surface area contributed by atoms with Gasteiger partial charge in [-0.1, -0.05) is 11.6 Å². The molecule has 2 rings (SSSR count). The van der Waals surface area contributed by atoms with Crippen LogP contribution in [0.3, 0.4) is 0 Å². The highest BCUT2D eigenvalue weighted by atomic mass is 35.5. The van der Waals surface area contributed by atoms with Crippen molar-refractivity contribution in [3.63, 3.8) is 0 Å². The maximum Gasteiger partial charge on any atom is 0.271 e. The first-order valence-corrected chi connectivity index (χ1v) is 6.68. The summed E-state index contributed by atoms with van der Waals surface area (Å²) in [6.45, 7) is -0.0393. The van der Waals surface area contributed by atoms with Crippen molar-refractivity contribution < 1.29 is 19.3 Å². The lowest BCUT2D eigenvalue weighted by atomic mass is 10.2. The molecule has 0 heterocycles. The van der Waals surface area contributed by atoms with Crippen LogP contribution in [0.4, 0.5) is 11.4 Å². The smallest absolute Gasteiger partial charge is 0.271 e. The molecule has 9 heteroatoms. The van der Waals surface area contributed by atoms with Crippen molar-refractivity contribution in [2.75, 3.05) is 7.11 Å². The standard InChI is InChI=1S/C14H11ClN2O6/c1-22-13-4-2-10(16(18)19)6-9(13)8-23-14-5-3-11(17(20)21)7-12(14)15/h2-7H,8H2,1H3. The summed E-state index contributed by atoms with van der Waals surface area (Å²) in [5, 5.41) is 21.5. The van der Waals surface area contributed by atoms with E-state index in [9.17, 15) is 20.2 Å². The number of methoxy groups -OCH3 is 1. The molecular formula is C14H11ClN2O6. The van der Waals surface area contributed by atoms with Crippen LogP contribution in [-0.4, -0.2) is 17.0 Å². The Balaban J connectivity index is 2.22. The second-order valence-corrected chi connectivity index (χ2v) is 4.82. The average Bonchev–Trinajstić information content (AvgIpc) is 2.53. The molecule has 0 aliphatic carbocycles. The highest BCUT2D eigenvalue weighted by Gasteiger charge is 2.14.